The van der Waals surface area contributed by atoms with Crippen molar-refractivity contribution in [3.63, 3.8) is 0 Å². The Morgan fingerprint density at radius 3 is 2.71 bits per heavy atom. The zero-order valence-electron chi connectivity index (χ0n) is 12.2. The van der Waals surface area contributed by atoms with E-state index in [0.717, 1.165) is 25.7 Å². The van der Waals surface area contributed by atoms with Crippen LogP contribution in [-0.4, -0.2) is 39.5 Å². The first-order chi connectivity index (χ1) is 9.90. The summed E-state index contributed by atoms with van der Waals surface area (Å²) < 4.78 is 40.2. The quantitative estimate of drug-likeness (QED) is 0.779. The Labute approximate surface area is 125 Å². The number of rotatable bonds is 6. The molecule has 0 saturated carbocycles. The number of nitrogens with two attached hydrogens (primary N) is 1. The van der Waals surface area contributed by atoms with E-state index in [0.29, 0.717) is 6.54 Å². The van der Waals surface area contributed by atoms with Crippen LogP contribution in [0.4, 0.5) is 10.1 Å². The average molecular weight is 315 g/mol. The van der Waals surface area contributed by atoms with E-state index in [2.05, 4.69) is 9.62 Å². The molecule has 1 aromatic carbocycles. The minimum absolute atomic E-state index is 0.188. The predicted molar refractivity (Wildman–Crippen MR) is 80.8 cm³/mol. The molecule has 0 aromatic heterocycles. The maximum atomic E-state index is 13.4. The first-order valence-corrected chi connectivity index (χ1v) is 8.64. The minimum atomic E-state index is -3.78. The molecule has 7 heteroatoms. The van der Waals surface area contributed by atoms with Crippen LogP contribution in [-0.2, 0) is 10.0 Å². The van der Waals surface area contributed by atoms with Crippen molar-refractivity contribution < 1.29 is 12.8 Å². The van der Waals surface area contributed by atoms with Gasteiger partial charge in [-0.2, -0.15) is 0 Å². The normalized spacial score (nSPS) is 18.0. The van der Waals surface area contributed by atoms with Crippen molar-refractivity contribution in [1.29, 1.82) is 0 Å². The number of nitrogens with one attached hydrogen (secondary N) is 1. The zero-order chi connectivity index (χ0) is 15.5. The number of sulfonamides is 1. The van der Waals surface area contributed by atoms with E-state index < -0.39 is 15.8 Å². The Morgan fingerprint density at radius 1 is 1.38 bits per heavy atom. The van der Waals surface area contributed by atoms with Crippen LogP contribution in [0.25, 0.3) is 0 Å². The number of benzene rings is 1. The summed E-state index contributed by atoms with van der Waals surface area (Å²) in [6, 6.07) is 3.80. The largest absolute Gasteiger partial charge is 0.395 e. The lowest BCUT2D eigenvalue weighted by molar-refractivity contribution is 0.288. The molecule has 1 saturated heterocycles. The van der Waals surface area contributed by atoms with E-state index in [1.807, 2.05) is 6.92 Å². The van der Waals surface area contributed by atoms with Gasteiger partial charge in [0.2, 0.25) is 10.0 Å². The van der Waals surface area contributed by atoms with Crippen LogP contribution in [0.1, 0.15) is 19.8 Å². The summed E-state index contributed by atoms with van der Waals surface area (Å²) in [4.78, 5) is 2.13. The molecule has 1 aromatic rings. The molecule has 118 valence electrons. The zero-order valence-corrected chi connectivity index (χ0v) is 13.0. The van der Waals surface area contributed by atoms with Crippen LogP contribution in [0.5, 0.6) is 0 Å². The van der Waals surface area contributed by atoms with Gasteiger partial charge in [0.1, 0.15) is 10.7 Å². The summed E-state index contributed by atoms with van der Waals surface area (Å²) in [5, 5.41) is 0. The van der Waals surface area contributed by atoms with Gasteiger partial charge in [-0.15, -0.1) is 0 Å². The van der Waals surface area contributed by atoms with Crippen molar-refractivity contribution >= 4 is 15.7 Å². The van der Waals surface area contributed by atoms with Gasteiger partial charge in [-0.3, -0.25) is 0 Å². The van der Waals surface area contributed by atoms with Crippen LogP contribution in [0.3, 0.4) is 0 Å². The van der Waals surface area contributed by atoms with E-state index in [-0.39, 0.29) is 16.5 Å². The molecule has 1 unspecified atom stereocenters. The summed E-state index contributed by atoms with van der Waals surface area (Å²) in [7, 11) is -3.78. The highest BCUT2D eigenvalue weighted by molar-refractivity contribution is 7.89. The Bertz CT molecular complexity index is 586. The molecule has 0 radical (unpaired) electrons. The summed E-state index contributed by atoms with van der Waals surface area (Å²) in [5.74, 6) is -0.532. The van der Waals surface area contributed by atoms with Crippen molar-refractivity contribution in [2.45, 2.75) is 24.7 Å². The van der Waals surface area contributed by atoms with E-state index in [1.54, 1.807) is 0 Å². The summed E-state index contributed by atoms with van der Waals surface area (Å²) >= 11 is 0. The molecule has 1 heterocycles. The molecule has 1 aliphatic heterocycles. The molecule has 1 atom stereocenters. The molecule has 0 spiro atoms. The second-order valence-corrected chi connectivity index (χ2v) is 7.35. The first-order valence-electron chi connectivity index (χ1n) is 7.16. The van der Waals surface area contributed by atoms with Crippen molar-refractivity contribution in [3.05, 3.63) is 24.0 Å². The van der Waals surface area contributed by atoms with Gasteiger partial charge in [-0.1, -0.05) is 13.0 Å². The van der Waals surface area contributed by atoms with E-state index in [1.165, 1.54) is 25.0 Å². The summed E-state index contributed by atoms with van der Waals surface area (Å²) in [6.07, 6.45) is 2.41. The molecule has 0 amide bonds. The van der Waals surface area contributed by atoms with Gasteiger partial charge in [-0.05, 0) is 44.0 Å². The second-order valence-electron chi connectivity index (χ2n) is 5.62. The standard InChI is InChI=1S/C14H22FN3O2S/c1-11(10-18-7-2-3-8-18)9-17-21(19,20)13-6-4-5-12(15)14(13)16/h4-6,11,17H,2-3,7-10,16H2,1H3. The van der Waals surface area contributed by atoms with Crippen molar-refractivity contribution in [1.82, 2.24) is 9.62 Å². The third-order valence-electron chi connectivity index (χ3n) is 3.69. The van der Waals surface area contributed by atoms with E-state index in [4.69, 9.17) is 5.73 Å². The van der Waals surface area contributed by atoms with Crippen LogP contribution < -0.4 is 10.5 Å². The third kappa shape index (κ3) is 4.15. The van der Waals surface area contributed by atoms with E-state index in [9.17, 15) is 12.8 Å². The predicted octanol–water partition coefficient (Wildman–Crippen LogP) is 1.42. The lowest BCUT2D eigenvalue weighted by Crippen LogP contribution is -2.34. The number of nitrogen functional groups attached to an aromatic ring is 1. The smallest absolute Gasteiger partial charge is 0.242 e. The van der Waals surface area contributed by atoms with Gasteiger partial charge in [0.25, 0.3) is 0 Å². The number of hydrogen-bond acceptors (Lipinski definition) is 4. The summed E-state index contributed by atoms with van der Waals surface area (Å²) in [5.41, 5.74) is 5.17. The van der Waals surface area contributed by atoms with E-state index >= 15 is 0 Å². The van der Waals surface area contributed by atoms with Gasteiger partial charge in [0, 0.05) is 13.1 Å². The first kappa shape index (κ1) is 16.2. The molecule has 0 aliphatic carbocycles. The highest BCUT2D eigenvalue weighted by Gasteiger charge is 2.21. The molecule has 5 nitrogen and oxygen atoms in total. The molecular formula is C14H22FN3O2S. The Morgan fingerprint density at radius 2 is 2.05 bits per heavy atom. The number of halogens is 1. The van der Waals surface area contributed by atoms with Crippen LogP contribution >= 0.6 is 0 Å². The van der Waals surface area contributed by atoms with Crippen LogP contribution in [0, 0.1) is 11.7 Å². The Kier molecular flexibility index (Phi) is 5.18. The van der Waals surface area contributed by atoms with Crippen LogP contribution in [0.15, 0.2) is 23.1 Å². The minimum Gasteiger partial charge on any atom is -0.395 e. The fourth-order valence-electron chi connectivity index (χ4n) is 2.55. The van der Waals surface area contributed by atoms with Crippen molar-refractivity contribution in [2.75, 3.05) is 31.9 Å². The number of para-hydroxylation sites is 1. The number of hydrogen-bond donors (Lipinski definition) is 2. The van der Waals surface area contributed by atoms with Crippen LogP contribution in [0.2, 0.25) is 0 Å². The third-order valence-corrected chi connectivity index (χ3v) is 5.17. The molecule has 1 fully saturated rings. The molecule has 0 bridgehead atoms. The van der Waals surface area contributed by atoms with Gasteiger partial charge in [-0.25, -0.2) is 17.5 Å². The molecule has 2 rings (SSSR count). The Balaban J connectivity index is 1.96. The second kappa shape index (κ2) is 6.72. The van der Waals surface area contributed by atoms with Gasteiger partial charge in [0.15, 0.2) is 0 Å². The SMILES string of the molecule is CC(CNS(=O)(=O)c1cccc(F)c1N)CN1CCCC1. The molecule has 21 heavy (non-hydrogen) atoms. The molecular weight excluding hydrogens is 293 g/mol. The molecule has 1 aliphatic rings. The van der Waals surface area contributed by atoms with Crippen molar-refractivity contribution in [3.8, 4) is 0 Å². The maximum Gasteiger partial charge on any atom is 0.242 e. The highest BCUT2D eigenvalue weighted by atomic mass is 32.2. The van der Waals surface area contributed by atoms with Gasteiger partial charge in [0.05, 0.1) is 5.69 Å². The Hall–Kier alpha value is -1.18. The topological polar surface area (TPSA) is 75.4 Å². The highest BCUT2D eigenvalue weighted by Crippen LogP contribution is 2.21. The number of nitrogens with zero attached hydrogens (tertiary/aromatic N) is 1. The lowest BCUT2D eigenvalue weighted by Gasteiger charge is -2.20. The number of anilines is 1. The average Bonchev–Trinajstić information content (AvgIpc) is 2.92. The number of likely N-dealkylation sites (tertiary alicyclic amines) is 1. The fourth-order valence-corrected chi connectivity index (χ4v) is 3.86. The summed E-state index contributed by atoms with van der Waals surface area (Å²) in [6.45, 7) is 5.33. The lowest BCUT2D eigenvalue weighted by atomic mass is 10.2. The molecule has 3 N–H and O–H groups in total. The fraction of sp³-hybridized carbons (Fsp3) is 0.571. The monoisotopic (exact) mass is 315 g/mol. The van der Waals surface area contributed by atoms with Gasteiger partial charge < -0.3 is 10.6 Å². The maximum absolute atomic E-state index is 13.4. The van der Waals surface area contributed by atoms with Gasteiger partial charge >= 0.3 is 0 Å². The van der Waals surface area contributed by atoms with Crippen molar-refractivity contribution in [2.24, 2.45) is 5.92 Å².